The molecule has 0 aliphatic carbocycles. The molecule has 74 valence electrons. The van der Waals surface area contributed by atoms with E-state index in [1.807, 2.05) is 19.2 Å². The standard InChI is InChI=1S/C8H10BrN5/c1-6(9)7-12-5-13-14(7)8-10-3-2-4-11-8/h2-3,5-6H,4H2,1H3,(H,10,11). The second-order valence-electron chi connectivity index (χ2n) is 2.86. The van der Waals surface area contributed by atoms with Gasteiger partial charge < -0.3 is 5.32 Å². The van der Waals surface area contributed by atoms with Gasteiger partial charge in [0.25, 0.3) is 0 Å². The van der Waals surface area contributed by atoms with Crippen molar-refractivity contribution in [1.82, 2.24) is 20.1 Å². The zero-order valence-electron chi connectivity index (χ0n) is 7.68. The minimum Gasteiger partial charge on any atom is -0.331 e. The van der Waals surface area contributed by atoms with Gasteiger partial charge >= 0.3 is 0 Å². The van der Waals surface area contributed by atoms with E-state index in [0.717, 1.165) is 5.82 Å². The molecule has 2 rings (SSSR count). The van der Waals surface area contributed by atoms with Crippen LogP contribution in [0.4, 0.5) is 0 Å². The smallest absolute Gasteiger partial charge is 0.225 e. The van der Waals surface area contributed by atoms with Crippen LogP contribution in [-0.2, 0) is 0 Å². The number of hydrogen-bond acceptors (Lipinski definition) is 4. The lowest BCUT2D eigenvalue weighted by Crippen LogP contribution is -2.31. The number of nitrogens with zero attached hydrogens (tertiary/aromatic N) is 4. The van der Waals surface area contributed by atoms with Crippen LogP contribution < -0.4 is 5.32 Å². The zero-order valence-corrected chi connectivity index (χ0v) is 9.27. The summed E-state index contributed by atoms with van der Waals surface area (Å²) in [6.07, 6.45) is 5.32. The Hall–Kier alpha value is -1.17. The third kappa shape index (κ3) is 1.70. The first-order valence-corrected chi connectivity index (χ1v) is 5.21. The molecule has 1 aromatic rings. The molecular weight excluding hydrogens is 246 g/mol. The van der Waals surface area contributed by atoms with Crippen LogP contribution in [-0.4, -0.2) is 27.3 Å². The van der Waals surface area contributed by atoms with Gasteiger partial charge in [-0.2, -0.15) is 9.78 Å². The molecule has 1 aliphatic heterocycles. The average Bonchev–Trinajstić information content (AvgIpc) is 2.67. The summed E-state index contributed by atoms with van der Waals surface area (Å²) < 4.78 is 1.70. The molecule has 1 aliphatic rings. The number of aromatic nitrogens is 3. The van der Waals surface area contributed by atoms with Gasteiger partial charge in [-0.1, -0.05) is 15.9 Å². The third-order valence-electron chi connectivity index (χ3n) is 1.81. The molecule has 0 amide bonds. The molecule has 0 saturated heterocycles. The molecule has 0 fully saturated rings. The maximum absolute atomic E-state index is 4.27. The van der Waals surface area contributed by atoms with Gasteiger partial charge in [0, 0.05) is 6.20 Å². The number of alkyl halides is 1. The van der Waals surface area contributed by atoms with Crippen LogP contribution in [0.5, 0.6) is 0 Å². The molecule has 0 saturated carbocycles. The monoisotopic (exact) mass is 255 g/mol. The Labute approximate surface area is 90.1 Å². The molecule has 2 heterocycles. The number of aliphatic imine (C=N–C) groups is 1. The highest BCUT2D eigenvalue weighted by Crippen LogP contribution is 2.18. The summed E-state index contributed by atoms with van der Waals surface area (Å²) in [5, 5.41) is 7.14. The van der Waals surface area contributed by atoms with Crippen LogP contribution in [0.1, 0.15) is 17.6 Å². The molecule has 1 unspecified atom stereocenters. The predicted molar refractivity (Wildman–Crippen MR) is 57.3 cm³/mol. The van der Waals surface area contributed by atoms with E-state index in [0.29, 0.717) is 12.5 Å². The second kappa shape index (κ2) is 3.91. The fraction of sp³-hybridized carbons (Fsp3) is 0.375. The Morgan fingerprint density at radius 3 is 3.14 bits per heavy atom. The van der Waals surface area contributed by atoms with Crippen molar-refractivity contribution in [3.63, 3.8) is 0 Å². The highest BCUT2D eigenvalue weighted by molar-refractivity contribution is 9.09. The van der Waals surface area contributed by atoms with Crippen molar-refractivity contribution in [2.24, 2.45) is 4.99 Å². The summed E-state index contributed by atoms with van der Waals surface area (Å²) >= 11 is 3.45. The molecule has 1 N–H and O–H groups in total. The van der Waals surface area contributed by atoms with Gasteiger partial charge in [0.2, 0.25) is 5.96 Å². The largest absolute Gasteiger partial charge is 0.331 e. The topological polar surface area (TPSA) is 55.1 Å². The van der Waals surface area contributed by atoms with Crippen LogP contribution in [0.15, 0.2) is 23.6 Å². The van der Waals surface area contributed by atoms with Crippen LogP contribution >= 0.6 is 15.9 Å². The van der Waals surface area contributed by atoms with Crippen LogP contribution in [0, 0.1) is 0 Å². The summed E-state index contributed by atoms with van der Waals surface area (Å²) in [5.41, 5.74) is 0. The minimum absolute atomic E-state index is 0.153. The Bertz CT molecular complexity index is 379. The molecule has 0 spiro atoms. The summed E-state index contributed by atoms with van der Waals surface area (Å²) in [5.74, 6) is 1.55. The molecular formula is C8H10BrN5. The molecule has 6 heteroatoms. The van der Waals surface area contributed by atoms with Gasteiger partial charge in [0.05, 0.1) is 11.4 Å². The number of nitrogens with one attached hydrogen (secondary N) is 1. The van der Waals surface area contributed by atoms with Crippen molar-refractivity contribution in [2.75, 3.05) is 6.54 Å². The van der Waals surface area contributed by atoms with Gasteiger partial charge in [-0.3, -0.25) is 0 Å². The van der Waals surface area contributed by atoms with Crippen molar-refractivity contribution < 1.29 is 0 Å². The summed E-state index contributed by atoms with van der Waals surface area (Å²) in [7, 11) is 0. The van der Waals surface area contributed by atoms with Gasteiger partial charge in [0.1, 0.15) is 12.2 Å². The van der Waals surface area contributed by atoms with Crippen molar-refractivity contribution in [3.8, 4) is 0 Å². The molecule has 1 aromatic heterocycles. The molecule has 5 nitrogen and oxygen atoms in total. The van der Waals surface area contributed by atoms with Crippen molar-refractivity contribution in [3.05, 3.63) is 24.4 Å². The average molecular weight is 256 g/mol. The molecule has 14 heavy (non-hydrogen) atoms. The maximum Gasteiger partial charge on any atom is 0.225 e. The normalized spacial score (nSPS) is 17.4. The fourth-order valence-corrected chi connectivity index (χ4v) is 1.50. The first kappa shape index (κ1) is 9.39. The SMILES string of the molecule is CC(Br)c1ncnn1C1=NCC=CN1. The quantitative estimate of drug-likeness (QED) is 0.764. The zero-order chi connectivity index (χ0) is 9.97. The lowest BCUT2D eigenvalue weighted by atomic mass is 10.4. The Balaban J connectivity index is 2.31. The second-order valence-corrected chi connectivity index (χ2v) is 4.23. The highest BCUT2D eigenvalue weighted by atomic mass is 79.9. The van der Waals surface area contributed by atoms with Gasteiger partial charge in [-0.15, -0.1) is 0 Å². The van der Waals surface area contributed by atoms with E-state index in [2.05, 4.69) is 36.3 Å². The molecule has 1 atom stereocenters. The number of hydrogen-bond donors (Lipinski definition) is 1. The van der Waals surface area contributed by atoms with Crippen LogP contribution in [0.2, 0.25) is 0 Å². The highest BCUT2D eigenvalue weighted by Gasteiger charge is 2.14. The summed E-state index contributed by atoms with van der Waals surface area (Å²) in [6.45, 7) is 2.68. The Morgan fingerprint density at radius 2 is 2.50 bits per heavy atom. The molecule has 0 aromatic carbocycles. The summed E-state index contributed by atoms with van der Waals surface area (Å²) in [6, 6.07) is 0. The van der Waals surface area contributed by atoms with E-state index in [1.165, 1.54) is 6.33 Å². The van der Waals surface area contributed by atoms with Crippen molar-refractivity contribution in [1.29, 1.82) is 0 Å². The van der Waals surface area contributed by atoms with Gasteiger partial charge in [0.15, 0.2) is 0 Å². The van der Waals surface area contributed by atoms with Crippen molar-refractivity contribution in [2.45, 2.75) is 11.8 Å². The van der Waals surface area contributed by atoms with E-state index in [4.69, 9.17) is 0 Å². The van der Waals surface area contributed by atoms with E-state index in [1.54, 1.807) is 4.68 Å². The molecule has 0 bridgehead atoms. The van der Waals surface area contributed by atoms with Gasteiger partial charge in [-0.25, -0.2) is 9.98 Å². The first-order chi connectivity index (χ1) is 6.79. The van der Waals surface area contributed by atoms with E-state index in [-0.39, 0.29) is 4.83 Å². The Kier molecular flexibility index (Phi) is 2.62. The van der Waals surface area contributed by atoms with E-state index >= 15 is 0 Å². The number of rotatable bonds is 1. The lowest BCUT2D eigenvalue weighted by molar-refractivity contribution is 0.802. The third-order valence-corrected chi connectivity index (χ3v) is 2.22. The first-order valence-electron chi connectivity index (χ1n) is 4.29. The minimum atomic E-state index is 0.153. The van der Waals surface area contributed by atoms with E-state index < -0.39 is 0 Å². The van der Waals surface area contributed by atoms with Crippen LogP contribution in [0.3, 0.4) is 0 Å². The predicted octanol–water partition coefficient (Wildman–Crippen LogP) is 1.05. The van der Waals surface area contributed by atoms with Gasteiger partial charge in [-0.05, 0) is 13.0 Å². The van der Waals surface area contributed by atoms with Crippen LogP contribution in [0.25, 0.3) is 0 Å². The fourth-order valence-electron chi connectivity index (χ4n) is 1.18. The maximum atomic E-state index is 4.27. The summed E-state index contributed by atoms with van der Waals surface area (Å²) in [4.78, 5) is 8.58. The molecule has 0 radical (unpaired) electrons. The van der Waals surface area contributed by atoms with E-state index in [9.17, 15) is 0 Å². The number of halogens is 1. The lowest BCUT2D eigenvalue weighted by Gasteiger charge is -2.12. The van der Waals surface area contributed by atoms with Crippen molar-refractivity contribution >= 4 is 21.9 Å². The Morgan fingerprint density at radius 1 is 1.64 bits per heavy atom.